The van der Waals surface area contributed by atoms with Crippen LogP contribution in [0.4, 0.5) is 0 Å². The van der Waals surface area contributed by atoms with Gasteiger partial charge < -0.3 is 10.2 Å². The quantitative estimate of drug-likeness (QED) is 0.659. The van der Waals surface area contributed by atoms with Crippen LogP contribution >= 0.6 is 0 Å². The molecular weight excluding hydrogens is 184 g/mol. The number of hydrogen-bond acceptors (Lipinski definition) is 2. The van der Waals surface area contributed by atoms with Crippen molar-refractivity contribution < 1.29 is 19.8 Å². The van der Waals surface area contributed by atoms with Gasteiger partial charge in [-0.1, -0.05) is 12.2 Å². The fraction of sp³-hybridized carbons (Fsp3) is 0.600. The van der Waals surface area contributed by atoms with E-state index in [2.05, 4.69) is 0 Å². The molecule has 2 unspecified atom stereocenters. The van der Waals surface area contributed by atoms with E-state index in [1.165, 1.54) is 0 Å². The van der Waals surface area contributed by atoms with E-state index in [4.69, 9.17) is 10.2 Å². The van der Waals surface area contributed by atoms with E-state index in [1.807, 2.05) is 0 Å². The molecule has 0 fully saturated rings. The van der Waals surface area contributed by atoms with Gasteiger partial charge >= 0.3 is 11.9 Å². The molecule has 14 heavy (non-hydrogen) atoms. The van der Waals surface area contributed by atoms with Crippen molar-refractivity contribution in [2.75, 3.05) is 0 Å². The molecular formula is C10H14O4. The van der Waals surface area contributed by atoms with Crippen LogP contribution in [0.5, 0.6) is 0 Å². The third-order valence-corrected chi connectivity index (χ3v) is 2.57. The van der Waals surface area contributed by atoms with Crippen molar-refractivity contribution in [2.45, 2.75) is 25.7 Å². The Kier molecular flexibility index (Phi) is 3.68. The molecule has 0 spiro atoms. The van der Waals surface area contributed by atoms with Crippen molar-refractivity contribution in [3.05, 3.63) is 12.2 Å². The summed E-state index contributed by atoms with van der Waals surface area (Å²) in [4.78, 5) is 21.4. The SMILES string of the molecule is O=C(O)C1CC=CCC(C(=O)O)CC1. The molecule has 0 heterocycles. The van der Waals surface area contributed by atoms with Crippen molar-refractivity contribution in [1.82, 2.24) is 0 Å². The average Bonchev–Trinajstić information content (AvgIpc) is 2.01. The highest BCUT2D eigenvalue weighted by Crippen LogP contribution is 2.22. The Morgan fingerprint density at radius 1 is 0.929 bits per heavy atom. The summed E-state index contributed by atoms with van der Waals surface area (Å²) in [5, 5.41) is 17.6. The predicted octanol–water partition coefficient (Wildman–Crippen LogP) is 1.52. The van der Waals surface area contributed by atoms with Crippen LogP contribution in [0.15, 0.2) is 12.2 Å². The summed E-state index contributed by atoms with van der Waals surface area (Å²) < 4.78 is 0. The molecule has 0 aliphatic heterocycles. The zero-order valence-corrected chi connectivity index (χ0v) is 7.85. The second-order valence-electron chi connectivity index (χ2n) is 3.59. The van der Waals surface area contributed by atoms with Gasteiger partial charge in [-0.05, 0) is 25.7 Å². The van der Waals surface area contributed by atoms with Gasteiger partial charge in [0.1, 0.15) is 0 Å². The summed E-state index contributed by atoms with van der Waals surface area (Å²) in [7, 11) is 0. The fourth-order valence-corrected chi connectivity index (χ4v) is 1.61. The fourth-order valence-electron chi connectivity index (χ4n) is 1.61. The van der Waals surface area contributed by atoms with Crippen LogP contribution in [-0.2, 0) is 9.59 Å². The Hall–Kier alpha value is -1.32. The van der Waals surface area contributed by atoms with Gasteiger partial charge in [0.15, 0.2) is 0 Å². The Bertz CT molecular complexity index is 231. The minimum absolute atomic E-state index is 0.423. The first-order valence-corrected chi connectivity index (χ1v) is 4.72. The van der Waals surface area contributed by atoms with Gasteiger partial charge in [0.25, 0.3) is 0 Å². The third-order valence-electron chi connectivity index (χ3n) is 2.57. The Morgan fingerprint density at radius 3 is 1.57 bits per heavy atom. The van der Waals surface area contributed by atoms with Crippen molar-refractivity contribution in [1.29, 1.82) is 0 Å². The highest BCUT2D eigenvalue weighted by Gasteiger charge is 2.23. The lowest BCUT2D eigenvalue weighted by Crippen LogP contribution is -2.19. The third kappa shape index (κ3) is 2.87. The van der Waals surface area contributed by atoms with Crippen LogP contribution in [0.3, 0.4) is 0 Å². The maximum atomic E-state index is 10.7. The van der Waals surface area contributed by atoms with E-state index in [-0.39, 0.29) is 0 Å². The smallest absolute Gasteiger partial charge is 0.306 e. The maximum absolute atomic E-state index is 10.7. The molecule has 0 aromatic heterocycles. The van der Waals surface area contributed by atoms with Gasteiger partial charge in [-0.2, -0.15) is 0 Å². The minimum atomic E-state index is -0.833. The van der Waals surface area contributed by atoms with E-state index in [1.54, 1.807) is 12.2 Å². The highest BCUT2D eigenvalue weighted by molar-refractivity contribution is 5.72. The van der Waals surface area contributed by atoms with Crippen LogP contribution in [-0.4, -0.2) is 22.2 Å². The molecule has 0 saturated carbocycles. The number of rotatable bonds is 2. The van der Waals surface area contributed by atoms with Gasteiger partial charge in [-0.25, -0.2) is 0 Å². The van der Waals surface area contributed by atoms with E-state index in [0.717, 1.165) is 0 Å². The second-order valence-corrected chi connectivity index (χ2v) is 3.59. The van der Waals surface area contributed by atoms with Crippen LogP contribution in [0, 0.1) is 11.8 Å². The second kappa shape index (κ2) is 4.79. The van der Waals surface area contributed by atoms with Crippen molar-refractivity contribution in [3.8, 4) is 0 Å². The summed E-state index contributed by atoms with van der Waals surface area (Å²) in [6, 6.07) is 0. The molecule has 1 rings (SSSR count). The Morgan fingerprint density at radius 2 is 1.29 bits per heavy atom. The predicted molar refractivity (Wildman–Crippen MR) is 49.9 cm³/mol. The van der Waals surface area contributed by atoms with Gasteiger partial charge in [0.05, 0.1) is 11.8 Å². The first-order valence-electron chi connectivity index (χ1n) is 4.72. The molecule has 2 atom stereocenters. The van der Waals surface area contributed by atoms with Crippen LogP contribution < -0.4 is 0 Å². The minimum Gasteiger partial charge on any atom is -0.481 e. The van der Waals surface area contributed by atoms with Gasteiger partial charge in [-0.15, -0.1) is 0 Å². The number of carbonyl (C=O) groups is 2. The number of carboxylic acids is 2. The van der Waals surface area contributed by atoms with Gasteiger partial charge in [0, 0.05) is 0 Å². The monoisotopic (exact) mass is 198 g/mol. The molecule has 0 amide bonds. The molecule has 0 aromatic rings. The summed E-state index contributed by atoms with van der Waals surface area (Å²) in [6.07, 6.45) is 5.48. The number of hydrogen-bond donors (Lipinski definition) is 2. The standard InChI is InChI=1S/C10H14O4/c11-9(12)7-3-1-2-4-8(6-5-7)10(13)14/h1-2,7-8H,3-6H2,(H,11,12)(H,13,14). The zero-order chi connectivity index (χ0) is 10.6. The van der Waals surface area contributed by atoms with Crippen molar-refractivity contribution >= 4 is 11.9 Å². The van der Waals surface area contributed by atoms with Crippen LogP contribution in [0.2, 0.25) is 0 Å². The average molecular weight is 198 g/mol. The normalized spacial score (nSPS) is 27.7. The molecule has 2 N–H and O–H groups in total. The number of carboxylic acid groups (broad SMARTS) is 2. The largest absolute Gasteiger partial charge is 0.481 e. The first-order chi connectivity index (χ1) is 6.61. The number of allylic oxidation sites excluding steroid dienone is 2. The molecule has 0 bridgehead atoms. The van der Waals surface area contributed by atoms with Crippen molar-refractivity contribution in [2.24, 2.45) is 11.8 Å². The van der Waals surface area contributed by atoms with Crippen LogP contribution in [0.25, 0.3) is 0 Å². The van der Waals surface area contributed by atoms with E-state index >= 15 is 0 Å². The lowest BCUT2D eigenvalue weighted by atomic mass is 9.89. The molecule has 0 saturated heterocycles. The molecule has 4 heteroatoms. The number of aliphatic carboxylic acids is 2. The molecule has 1 aliphatic carbocycles. The summed E-state index contributed by atoms with van der Waals surface area (Å²) in [6.45, 7) is 0. The Labute approximate surface area is 82.2 Å². The lowest BCUT2D eigenvalue weighted by molar-refractivity contribution is -0.145. The maximum Gasteiger partial charge on any atom is 0.306 e. The molecule has 0 radical (unpaired) electrons. The molecule has 78 valence electrons. The van der Waals surface area contributed by atoms with E-state index in [9.17, 15) is 9.59 Å². The van der Waals surface area contributed by atoms with E-state index < -0.39 is 23.8 Å². The summed E-state index contributed by atoms with van der Waals surface area (Å²) >= 11 is 0. The van der Waals surface area contributed by atoms with Crippen LogP contribution in [0.1, 0.15) is 25.7 Å². The highest BCUT2D eigenvalue weighted by atomic mass is 16.4. The van der Waals surface area contributed by atoms with E-state index in [0.29, 0.717) is 25.7 Å². The summed E-state index contributed by atoms with van der Waals surface area (Å²) in [5.41, 5.74) is 0. The molecule has 4 nitrogen and oxygen atoms in total. The zero-order valence-electron chi connectivity index (χ0n) is 7.85. The molecule has 1 aliphatic rings. The van der Waals surface area contributed by atoms with Crippen molar-refractivity contribution in [3.63, 3.8) is 0 Å². The van der Waals surface area contributed by atoms with Gasteiger partial charge in [-0.3, -0.25) is 9.59 Å². The Balaban J connectivity index is 2.60. The lowest BCUT2D eigenvalue weighted by Gasteiger charge is -2.16. The first kappa shape index (κ1) is 10.8. The van der Waals surface area contributed by atoms with Gasteiger partial charge in [0.2, 0.25) is 0 Å². The summed E-state index contributed by atoms with van der Waals surface area (Å²) in [5.74, 6) is -2.51. The topological polar surface area (TPSA) is 74.6 Å². The molecule has 0 aromatic carbocycles.